The molecule has 5 nitrogen and oxygen atoms in total. The van der Waals surface area contributed by atoms with Gasteiger partial charge in [0.25, 0.3) is 20.0 Å². The number of hydrogen-bond donors (Lipinski definition) is 0. The summed E-state index contributed by atoms with van der Waals surface area (Å²) >= 11 is 5.88. The summed E-state index contributed by atoms with van der Waals surface area (Å²) in [6, 6.07) is 19.1. The minimum Gasteiger partial charge on any atom is -0.206 e. The molecule has 8 heteroatoms. The van der Waals surface area contributed by atoms with E-state index in [-0.39, 0.29) is 16.3 Å². The molecule has 3 rings (SSSR count). The third-order valence-corrected chi connectivity index (χ3v) is 9.14. The molecule has 0 saturated carbocycles. The molecule has 0 spiro atoms. The average molecular weight is 476 g/mol. The Hall–Kier alpha value is -2.45. The molecular weight excluding hydrogens is 454 g/mol. The first kappa shape index (κ1) is 23.2. The Morgan fingerprint density at radius 2 is 1.13 bits per heavy atom. The predicted molar refractivity (Wildman–Crippen MR) is 124 cm³/mol. The lowest BCUT2D eigenvalue weighted by molar-refractivity contribution is 0.513. The summed E-state index contributed by atoms with van der Waals surface area (Å²) in [6.07, 6.45) is 3.15. The molecule has 0 saturated heterocycles. The van der Waals surface area contributed by atoms with Gasteiger partial charge in [-0.1, -0.05) is 75.0 Å². The standard InChI is InChI=1S/C23H22ClNO4S2/c1-18-5-13-22(14-6-18)30(26,27)25(17-3-4-20-9-11-21(24)12-10-20)31(28,29)23-15-7-19(2)8-16-23/h3-16H,17H2,1-2H3/b4-3+. The van der Waals surface area contributed by atoms with E-state index >= 15 is 0 Å². The Bertz CT molecular complexity index is 1210. The second-order valence-corrected chi connectivity index (χ2v) is 11.4. The summed E-state index contributed by atoms with van der Waals surface area (Å²) in [5, 5.41) is 0.572. The number of nitrogens with zero attached hydrogens (tertiary/aromatic N) is 1. The van der Waals surface area contributed by atoms with Crippen molar-refractivity contribution in [1.29, 1.82) is 0 Å². The van der Waals surface area contributed by atoms with E-state index in [1.165, 1.54) is 30.3 Å². The van der Waals surface area contributed by atoms with E-state index in [1.54, 1.807) is 54.6 Å². The van der Waals surface area contributed by atoms with Crippen LogP contribution in [0.4, 0.5) is 0 Å². The molecule has 0 N–H and O–H groups in total. The quantitative estimate of drug-likeness (QED) is 0.479. The van der Waals surface area contributed by atoms with Gasteiger partial charge in [0, 0.05) is 11.6 Å². The summed E-state index contributed by atoms with van der Waals surface area (Å²) in [4.78, 5) is -0.178. The van der Waals surface area contributed by atoms with E-state index in [0.717, 1.165) is 16.7 Å². The second-order valence-electron chi connectivity index (χ2n) is 7.05. The lowest BCUT2D eigenvalue weighted by atomic mass is 10.2. The highest BCUT2D eigenvalue weighted by molar-refractivity contribution is 8.04. The molecule has 0 aliphatic carbocycles. The SMILES string of the molecule is Cc1ccc(S(=O)(=O)N(C/C=C/c2ccc(Cl)cc2)S(=O)(=O)c2ccc(C)cc2)cc1. The Labute approximate surface area is 188 Å². The first-order valence-corrected chi connectivity index (χ1v) is 12.7. The van der Waals surface area contributed by atoms with Gasteiger partial charge in [-0.05, 0) is 55.8 Å². The Morgan fingerprint density at radius 1 is 0.710 bits per heavy atom. The van der Waals surface area contributed by atoms with Gasteiger partial charge in [-0.3, -0.25) is 0 Å². The van der Waals surface area contributed by atoms with Gasteiger partial charge in [0.15, 0.2) is 0 Å². The van der Waals surface area contributed by atoms with Crippen LogP contribution < -0.4 is 0 Å². The molecule has 162 valence electrons. The zero-order valence-electron chi connectivity index (χ0n) is 17.1. The zero-order chi connectivity index (χ0) is 22.6. The molecule has 0 unspecified atom stereocenters. The largest absolute Gasteiger partial charge is 0.256 e. The van der Waals surface area contributed by atoms with Gasteiger partial charge in [0.1, 0.15) is 0 Å². The molecule has 31 heavy (non-hydrogen) atoms. The topological polar surface area (TPSA) is 71.5 Å². The van der Waals surface area contributed by atoms with Gasteiger partial charge in [0.05, 0.1) is 9.79 Å². The zero-order valence-corrected chi connectivity index (χ0v) is 19.5. The van der Waals surface area contributed by atoms with Crippen molar-refractivity contribution in [2.75, 3.05) is 6.54 Å². The molecule has 0 aromatic heterocycles. The van der Waals surface area contributed by atoms with Gasteiger partial charge in [-0.25, -0.2) is 16.8 Å². The Kier molecular flexibility index (Phi) is 7.01. The molecule has 0 radical (unpaired) electrons. The summed E-state index contributed by atoms with van der Waals surface area (Å²) in [6.45, 7) is 3.30. The Morgan fingerprint density at radius 3 is 1.55 bits per heavy atom. The lowest BCUT2D eigenvalue weighted by Gasteiger charge is -2.21. The van der Waals surface area contributed by atoms with Crippen molar-refractivity contribution in [3.63, 3.8) is 0 Å². The molecule has 0 aliphatic heterocycles. The molecule has 0 bridgehead atoms. The molecule has 0 fully saturated rings. The van der Waals surface area contributed by atoms with Crippen molar-refractivity contribution < 1.29 is 16.8 Å². The molecule has 3 aromatic rings. The summed E-state index contributed by atoms with van der Waals surface area (Å²) < 4.78 is 53.8. The highest BCUT2D eigenvalue weighted by atomic mass is 35.5. The molecule has 0 amide bonds. The smallest absolute Gasteiger partial charge is 0.206 e. The average Bonchev–Trinajstić information content (AvgIpc) is 2.73. The van der Waals surface area contributed by atoms with Gasteiger partial charge in [0.2, 0.25) is 0 Å². The van der Waals surface area contributed by atoms with Crippen LogP contribution in [0.5, 0.6) is 0 Å². The highest BCUT2D eigenvalue weighted by Gasteiger charge is 2.35. The van der Waals surface area contributed by atoms with Crippen LogP contribution in [0.3, 0.4) is 0 Å². The third-order valence-electron chi connectivity index (χ3n) is 4.61. The highest BCUT2D eigenvalue weighted by Crippen LogP contribution is 2.25. The van der Waals surface area contributed by atoms with Crippen LogP contribution in [0, 0.1) is 13.8 Å². The fraction of sp³-hybridized carbons (Fsp3) is 0.130. The number of sulfonamides is 2. The number of aryl methyl sites for hydroxylation is 2. The first-order chi connectivity index (χ1) is 14.6. The number of halogens is 1. The fourth-order valence-corrected chi connectivity index (χ4v) is 6.50. The third kappa shape index (κ3) is 5.43. The minimum atomic E-state index is -4.32. The van der Waals surface area contributed by atoms with E-state index in [4.69, 9.17) is 11.6 Å². The first-order valence-electron chi connectivity index (χ1n) is 9.44. The lowest BCUT2D eigenvalue weighted by Crippen LogP contribution is -2.37. The van der Waals surface area contributed by atoms with Gasteiger partial charge in [-0.2, -0.15) is 0 Å². The molecule has 3 aromatic carbocycles. The molecular formula is C23H22ClNO4S2. The minimum absolute atomic E-state index is 0.0892. The number of hydrogen-bond acceptors (Lipinski definition) is 4. The van der Waals surface area contributed by atoms with Crippen LogP contribution in [0.1, 0.15) is 16.7 Å². The predicted octanol–water partition coefficient (Wildman–Crippen LogP) is 5.05. The van der Waals surface area contributed by atoms with Gasteiger partial charge >= 0.3 is 0 Å². The van der Waals surface area contributed by atoms with Gasteiger partial charge < -0.3 is 0 Å². The van der Waals surface area contributed by atoms with Crippen LogP contribution in [0.2, 0.25) is 5.02 Å². The summed E-state index contributed by atoms with van der Waals surface area (Å²) in [7, 11) is -8.64. The Balaban J connectivity index is 2.03. The van der Waals surface area contributed by atoms with Crippen molar-refractivity contribution in [3.05, 3.63) is 101 Å². The monoisotopic (exact) mass is 475 g/mol. The van der Waals surface area contributed by atoms with Crippen LogP contribution in [-0.4, -0.2) is 27.1 Å². The molecule has 0 atom stereocenters. The van der Waals surface area contributed by atoms with Crippen molar-refractivity contribution in [1.82, 2.24) is 3.71 Å². The van der Waals surface area contributed by atoms with E-state index in [2.05, 4.69) is 0 Å². The van der Waals surface area contributed by atoms with E-state index in [9.17, 15) is 16.8 Å². The number of rotatable bonds is 7. The maximum atomic E-state index is 13.3. The molecule has 0 aliphatic rings. The van der Waals surface area contributed by atoms with Crippen molar-refractivity contribution in [2.45, 2.75) is 23.6 Å². The van der Waals surface area contributed by atoms with Crippen LogP contribution >= 0.6 is 11.6 Å². The van der Waals surface area contributed by atoms with Crippen LogP contribution in [0.25, 0.3) is 6.08 Å². The normalized spacial score (nSPS) is 12.5. The summed E-state index contributed by atoms with van der Waals surface area (Å²) in [5.74, 6) is 0. The van der Waals surface area contributed by atoms with E-state index in [0.29, 0.717) is 8.73 Å². The second kappa shape index (κ2) is 9.36. The van der Waals surface area contributed by atoms with Crippen molar-refractivity contribution in [3.8, 4) is 0 Å². The maximum absolute atomic E-state index is 13.3. The van der Waals surface area contributed by atoms with Crippen LogP contribution in [0.15, 0.2) is 88.7 Å². The van der Waals surface area contributed by atoms with E-state index in [1.807, 2.05) is 13.8 Å². The van der Waals surface area contributed by atoms with Crippen LogP contribution in [-0.2, 0) is 20.0 Å². The fourth-order valence-electron chi connectivity index (χ4n) is 2.83. The molecule has 0 heterocycles. The van der Waals surface area contributed by atoms with Gasteiger partial charge in [-0.15, -0.1) is 0 Å². The summed E-state index contributed by atoms with van der Waals surface area (Å²) in [5.41, 5.74) is 2.51. The van der Waals surface area contributed by atoms with E-state index < -0.39 is 20.0 Å². The van der Waals surface area contributed by atoms with Crippen molar-refractivity contribution in [2.24, 2.45) is 0 Å². The maximum Gasteiger partial charge on any atom is 0.256 e. The van der Waals surface area contributed by atoms with Crippen molar-refractivity contribution >= 4 is 37.7 Å². The number of benzene rings is 3.